The number of hydrogen-bond acceptors (Lipinski definition) is 4. The lowest BCUT2D eigenvalue weighted by Crippen LogP contribution is -1.98. The summed E-state index contributed by atoms with van der Waals surface area (Å²) in [5.41, 5.74) is 7.37. The second-order valence-corrected chi connectivity index (χ2v) is 3.35. The first-order valence-electron chi connectivity index (χ1n) is 4.99. The van der Waals surface area contributed by atoms with Crippen LogP contribution in [-0.2, 0) is 6.54 Å². The molecule has 0 aliphatic rings. The van der Waals surface area contributed by atoms with Crippen LogP contribution in [0.2, 0.25) is 0 Å². The molecule has 1 heterocycles. The fourth-order valence-corrected chi connectivity index (χ4v) is 1.35. The molecule has 82 valence electrons. The van der Waals surface area contributed by atoms with Crippen molar-refractivity contribution in [2.24, 2.45) is 5.73 Å². The van der Waals surface area contributed by atoms with E-state index in [1.165, 1.54) is 0 Å². The first kappa shape index (κ1) is 10.6. The number of nitrogens with zero attached hydrogens (tertiary/aromatic N) is 2. The zero-order valence-electron chi connectivity index (χ0n) is 9.05. The zero-order chi connectivity index (χ0) is 11.4. The number of aromatic nitrogens is 2. The highest BCUT2D eigenvalue weighted by molar-refractivity contribution is 5.55. The smallest absolute Gasteiger partial charge is 0.159 e. The summed E-state index contributed by atoms with van der Waals surface area (Å²) in [5, 5.41) is 0. The van der Waals surface area contributed by atoms with E-state index in [1.54, 1.807) is 19.5 Å². The van der Waals surface area contributed by atoms with E-state index < -0.39 is 0 Å². The van der Waals surface area contributed by atoms with Gasteiger partial charge in [-0.25, -0.2) is 9.97 Å². The van der Waals surface area contributed by atoms with Crippen molar-refractivity contribution in [2.45, 2.75) is 6.54 Å². The van der Waals surface area contributed by atoms with Crippen molar-refractivity contribution >= 4 is 0 Å². The summed E-state index contributed by atoms with van der Waals surface area (Å²) in [6.07, 6.45) is 3.49. The van der Waals surface area contributed by atoms with Gasteiger partial charge in [-0.3, -0.25) is 0 Å². The fourth-order valence-electron chi connectivity index (χ4n) is 1.35. The minimum atomic E-state index is 0.461. The normalized spacial score (nSPS) is 10.1. The Balaban J connectivity index is 2.28. The second-order valence-electron chi connectivity index (χ2n) is 3.35. The van der Waals surface area contributed by atoms with Gasteiger partial charge in [0, 0.05) is 30.1 Å². The fraction of sp³-hybridized carbons (Fsp3) is 0.167. The largest absolute Gasteiger partial charge is 0.497 e. The van der Waals surface area contributed by atoms with E-state index in [9.17, 15) is 0 Å². The van der Waals surface area contributed by atoms with Gasteiger partial charge in [0.2, 0.25) is 0 Å². The van der Waals surface area contributed by atoms with E-state index in [2.05, 4.69) is 9.97 Å². The van der Waals surface area contributed by atoms with E-state index in [0.717, 1.165) is 16.9 Å². The summed E-state index contributed by atoms with van der Waals surface area (Å²) >= 11 is 0. The maximum absolute atomic E-state index is 5.48. The molecule has 4 heteroatoms. The molecule has 4 nitrogen and oxygen atoms in total. The van der Waals surface area contributed by atoms with Crippen LogP contribution in [0.15, 0.2) is 36.7 Å². The van der Waals surface area contributed by atoms with E-state index in [0.29, 0.717) is 12.4 Å². The van der Waals surface area contributed by atoms with E-state index in [1.807, 2.05) is 24.3 Å². The van der Waals surface area contributed by atoms with Crippen LogP contribution in [0.3, 0.4) is 0 Å². The highest BCUT2D eigenvalue weighted by Gasteiger charge is 2.01. The molecule has 16 heavy (non-hydrogen) atoms. The summed E-state index contributed by atoms with van der Waals surface area (Å²) in [7, 11) is 1.64. The van der Waals surface area contributed by atoms with Crippen molar-refractivity contribution in [3.8, 4) is 17.1 Å². The minimum Gasteiger partial charge on any atom is -0.497 e. The van der Waals surface area contributed by atoms with Gasteiger partial charge >= 0.3 is 0 Å². The van der Waals surface area contributed by atoms with Crippen molar-refractivity contribution in [1.82, 2.24) is 9.97 Å². The third kappa shape index (κ3) is 2.17. The third-order valence-electron chi connectivity index (χ3n) is 2.29. The van der Waals surface area contributed by atoms with Gasteiger partial charge in [0.15, 0.2) is 5.82 Å². The predicted octanol–water partition coefficient (Wildman–Crippen LogP) is 1.61. The van der Waals surface area contributed by atoms with Gasteiger partial charge in [0.1, 0.15) is 5.75 Å². The van der Waals surface area contributed by atoms with Crippen LogP contribution in [0.25, 0.3) is 11.4 Å². The van der Waals surface area contributed by atoms with Crippen molar-refractivity contribution < 1.29 is 4.74 Å². The van der Waals surface area contributed by atoms with Gasteiger partial charge in [-0.1, -0.05) is 0 Å². The Kier molecular flexibility index (Phi) is 3.12. The summed E-state index contributed by atoms with van der Waals surface area (Å²) in [4.78, 5) is 8.49. The number of rotatable bonds is 3. The van der Waals surface area contributed by atoms with E-state index >= 15 is 0 Å². The summed E-state index contributed by atoms with van der Waals surface area (Å²) in [6, 6.07) is 7.62. The molecule has 0 radical (unpaired) electrons. The van der Waals surface area contributed by atoms with Crippen LogP contribution in [0.1, 0.15) is 5.56 Å². The van der Waals surface area contributed by atoms with Crippen LogP contribution >= 0.6 is 0 Å². The van der Waals surface area contributed by atoms with Gasteiger partial charge < -0.3 is 10.5 Å². The van der Waals surface area contributed by atoms with Crippen LogP contribution < -0.4 is 10.5 Å². The number of benzene rings is 1. The van der Waals surface area contributed by atoms with Crippen LogP contribution in [0.4, 0.5) is 0 Å². The minimum absolute atomic E-state index is 0.461. The number of nitrogens with two attached hydrogens (primary N) is 1. The molecule has 0 saturated heterocycles. The molecule has 0 amide bonds. The van der Waals surface area contributed by atoms with Crippen molar-refractivity contribution in [3.63, 3.8) is 0 Å². The Hall–Kier alpha value is -1.94. The Bertz CT molecular complexity index is 405. The second kappa shape index (κ2) is 4.72. The SMILES string of the molecule is COc1ccc(-c2ncc(CN)cn2)cc1. The maximum atomic E-state index is 5.48. The number of hydrogen-bond donors (Lipinski definition) is 1. The quantitative estimate of drug-likeness (QED) is 0.845. The van der Waals surface area contributed by atoms with Gasteiger partial charge in [-0.2, -0.15) is 0 Å². The maximum Gasteiger partial charge on any atom is 0.159 e. The van der Waals surface area contributed by atoms with Gasteiger partial charge in [-0.05, 0) is 24.3 Å². The number of ether oxygens (including phenoxy) is 1. The Morgan fingerprint density at radius 2 is 1.75 bits per heavy atom. The molecule has 0 aliphatic carbocycles. The van der Waals surface area contributed by atoms with Crippen LogP contribution in [0.5, 0.6) is 5.75 Å². The lowest BCUT2D eigenvalue weighted by Gasteiger charge is -2.02. The third-order valence-corrected chi connectivity index (χ3v) is 2.29. The summed E-state index contributed by atoms with van der Waals surface area (Å²) in [5.74, 6) is 1.52. The Labute approximate surface area is 94.1 Å². The van der Waals surface area contributed by atoms with Gasteiger partial charge in [0.25, 0.3) is 0 Å². The molecular weight excluding hydrogens is 202 g/mol. The molecule has 1 aromatic heterocycles. The molecule has 0 atom stereocenters. The highest BCUT2D eigenvalue weighted by atomic mass is 16.5. The van der Waals surface area contributed by atoms with E-state index in [4.69, 9.17) is 10.5 Å². The number of methoxy groups -OCH3 is 1. The highest BCUT2D eigenvalue weighted by Crippen LogP contribution is 2.18. The molecule has 0 fully saturated rings. The molecule has 2 rings (SSSR count). The molecule has 1 aromatic carbocycles. The zero-order valence-corrected chi connectivity index (χ0v) is 9.05. The Morgan fingerprint density at radius 1 is 1.12 bits per heavy atom. The van der Waals surface area contributed by atoms with Crippen molar-refractivity contribution in [1.29, 1.82) is 0 Å². The molecule has 0 aliphatic heterocycles. The average molecular weight is 215 g/mol. The molecule has 0 unspecified atom stereocenters. The molecule has 0 saturated carbocycles. The first-order valence-corrected chi connectivity index (χ1v) is 4.99. The van der Waals surface area contributed by atoms with Crippen molar-refractivity contribution in [3.05, 3.63) is 42.2 Å². The lowest BCUT2D eigenvalue weighted by molar-refractivity contribution is 0.415. The van der Waals surface area contributed by atoms with Crippen LogP contribution in [0, 0.1) is 0 Å². The molecule has 2 N–H and O–H groups in total. The molecule has 0 bridgehead atoms. The molecular formula is C12H13N3O. The average Bonchev–Trinajstić information content (AvgIpc) is 2.39. The van der Waals surface area contributed by atoms with Gasteiger partial charge in [-0.15, -0.1) is 0 Å². The van der Waals surface area contributed by atoms with E-state index in [-0.39, 0.29) is 0 Å². The van der Waals surface area contributed by atoms with Gasteiger partial charge in [0.05, 0.1) is 7.11 Å². The summed E-state index contributed by atoms with van der Waals surface area (Å²) in [6.45, 7) is 0.461. The molecule has 0 spiro atoms. The molecule has 2 aromatic rings. The Morgan fingerprint density at radius 3 is 2.25 bits per heavy atom. The lowest BCUT2D eigenvalue weighted by atomic mass is 10.2. The first-order chi connectivity index (χ1) is 7.83. The topological polar surface area (TPSA) is 61.0 Å². The van der Waals surface area contributed by atoms with Crippen LogP contribution in [-0.4, -0.2) is 17.1 Å². The summed E-state index contributed by atoms with van der Waals surface area (Å²) < 4.78 is 5.08. The predicted molar refractivity (Wildman–Crippen MR) is 61.9 cm³/mol. The monoisotopic (exact) mass is 215 g/mol. The van der Waals surface area contributed by atoms with Crippen molar-refractivity contribution in [2.75, 3.05) is 7.11 Å². The standard InChI is InChI=1S/C12H13N3O/c1-16-11-4-2-10(3-5-11)12-14-7-9(6-13)8-15-12/h2-5,7-8H,6,13H2,1H3.